The zero-order valence-corrected chi connectivity index (χ0v) is 15.9. The Kier molecular flexibility index (Phi) is 5.03. The number of benzene rings is 2. The Hall–Kier alpha value is -2.53. The molecule has 142 valence electrons. The van der Waals surface area contributed by atoms with E-state index in [0.717, 1.165) is 54.2 Å². The summed E-state index contributed by atoms with van der Waals surface area (Å²) in [5.41, 5.74) is 3.02. The Labute approximate surface area is 160 Å². The third kappa shape index (κ3) is 3.65. The predicted octanol–water partition coefficient (Wildman–Crippen LogP) is 2.71. The van der Waals surface area contributed by atoms with Crippen molar-refractivity contribution in [2.75, 3.05) is 40.4 Å². The van der Waals surface area contributed by atoms with Crippen LogP contribution in [0.15, 0.2) is 42.5 Å². The largest absolute Gasteiger partial charge is 0.496 e. The number of likely N-dealkylation sites (tertiary alicyclic amines) is 1. The molecular weight excluding hydrogens is 340 g/mol. The first-order chi connectivity index (χ1) is 13.2. The van der Waals surface area contributed by atoms with E-state index in [2.05, 4.69) is 23.3 Å². The van der Waals surface area contributed by atoms with Gasteiger partial charge in [0, 0.05) is 37.5 Å². The van der Waals surface area contributed by atoms with Gasteiger partial charge in [0.15, 0.2) is 0 Å². The molecule has 1 amide bonds. The molecule has 0 spiro atoms. The van der Waals surface area contributed by atoms with Gasteiger partial charge in [-0.05, 0) is 42.3 Å². The second-order valence-corrected chi connectivity index (χ2v) is 7.46. The highest BCUT2D eigenvalue weighted by Gasteiger charge is 2.36. The maximum absolute atomic E-state index is 12.6. The molecule has 0 saturated carbocycles. The summed E-state index contributed by atoms with van der Waals surface area (Å²) in [7, 11) is 3.82. The molecule has 0 aliphatic carbocycles. The van der Waals surface area contributed by atoms with Crippen LogP contribution in [-0.4, -0.2) is 51.2 Å². The number of rotatable bonds is 5. The molecule has 2 heterocycles. The van der Waals surface area contributed by atoms with Crippen LogP contribution in [0, 0.1) is 5.92 Å². The summed E-state index contributed by atoms with van der Waals surface area (Å²) in [5, 5.41) is 3.08. The van der Waals surface area contributed by atoms with Gasteiger partial charge in [-0.1, -0.05) is 24.3 Å². The molecule has 1 fully saturated rings. The van der Waals surface area contributed by atoms with E-state index < -0.39 is 0 Å². The average molecular weight is 366 g/mol. The van der Waals surface area contributed by atoms with Crippen LogP contribution in [0.4, 0.5) is 0 Å². The number of likely N-dealkylation sites (N-methyl/N-ethyl adjacent to an activating group) is 1. The van der Waals surface area contributed by atoms with Crippen molar-refractivity contribution in [3.63, 3.8) is 0 Å². The van der Waals surface area contributed by atoms with Gasteiger partial charge >= 0.3 is 0 Å². The molecule has 1 N–H and O–H groups in total. The fourth-order valence-corrected chi connectivity index (χ4v) is 4.30. The molecule has 2 aromatic carbocycles. The van der Waals surface area contributed by atoms with Crippen LogP contribution in [0.1, 0.15) is 27.4 Å². The Morgan fingerprint density at radius 1 is 1.19 bits per heavy atom. The van der Waals surface area contributed by atoms with E-state index in [0.29, 0.717) is 18.4 Å². The highest BCUT2D eigenvalue weighted by atomic mass is 16.5. The van der Waals surface area contributed by atoms with E-state index >= 15 is 0 Å². The quantitative estimate of drug-likeness (QED) is 0.884. The molecule has 0 radical (unpaired) electrons. The summed E-state index contributed by atoms with van der Waals surface area (Å²) in [6.45, 7) is 3.31. The zero-order valence-electron chi connectivity index (χ0n) is 15.9. The topological polar surface area (TPSA) is 50.8 Å². The lowest BCUT2D eigenvalue weighted by Crippen LogP contribution is -2.29. The van der Waals surface area contributed by atoms with E-state index in [1.54, 1.807) is 7.11 Å². The van der Waals surface area contributed by atoms with E-state index in [9.17, 15) is 4.79 Å². The number of para-hydroxylation sites is 1. The van der Waals surface area contributed by atoms with Gasteiger partial charge in [0.25, 0.3) is 5.91 Å². The number of carbonyl (C=O) groups is 1. The van der Waals surface area contributed by atoms with Crippen molar-refractivity contribution in [2.45, 2.75) is 12.3 Å². The first-order valence-electron chi connectivity index (χ1n) is 9.51. The van der Waals surface area contributed by atoms with Crippen molar-refractivity contribution in [3.8, 4) is 11.5 Å². The molecular formula is C22H26N2O3. The SMILES string of the molecule is COc1ccccc1CCOc1ccc2c(c1)C(=O)NC[C@H]1CN(C)CC21. The molecule has 1 unspecified atom stereocenters. The minimum atomic E-state index is 0.0113. The number of amides is 1. The third-order valence-electron chi connectivity index (χ3n) is 5.65. The van der Waals surface area contributed by atoms with Crippen LogP contribution >= 0.6 is 0 Å². The van der Waals surface area contributed by atoms with Gasteiger partial charge in [-0.3, -0.25) is 4.79 Å². The smallest absolute Gasteiger partial charge is 0.251 e. The van der Waals surface area contributed by atoms with Gasteiger partial charge in [-0.2, -0.15) is 0 Å². The summed E-state index contributed by atoms with van der Waals surface area (Å²) in [6, 6.07) is 13.9. The van der Waals surface area contributed by atoms with E-state index in [1.165, 1.54) is 0 Å². The van der Waals surface area contributed by atoms with Gasteiger partial charge in [0.1, 0.15) is 11.5 Å². The van der Waals surface area contributed by atoms with Crippen LogP contribution in [0.3, 0.4) is 0 Å². The van der Waals surface area contributed by atoms with Gasteiger partial charge in [0.2, 0.25) is 0 Å². The zero-order chi connectivity index (χ0) is 18.8. The molecule has 5 nitrogen and oxygen atoms in total. The number of carbonyl (C=O) groups excluding carboxylic acids is 1. The average Bonchev–Trinajstić information content (AvgIpc) is 3.01. The van der Waals surface area contributed by atoms with E-state index in [1.807, 2.05) is 36.4 Å². The molecule has 0 aromatic heterocycles. The van der Waals surface area contributed by atoms with Crippen LogP contribution in [0.2, 0.25) is 0 Å². The van der Waals surface area contributed by atoms with Gasteiger partial charge in [-0.25, -0.2) is 0 Å². The molecule has 27 heavy (non-hydrogen) atoms. The van der Waals surface area contributed by atoms with Gasteiger partial charge < -0.3 is 19.7 Å². The van der Waals surface area contributed by atoms with Crippen LogP contribution in [-0.2, 0) is 6.42 Å². The Bertz CT molecular complexity index is 836. The normalized spacial score (nSPS) is 21.8. The maximum Gasteiger partial charge on any atom is 0.251 e. The molecule has 2 aliphatic rings. The van der Waals surface area contributed by atoms with E-state index in [4.69, 9.17) is 9.47 Å². The number of nitrogens with one attached hydrogen (secondary N) is 1. The van der Waals surface area contributed by atoms with Crippen molar-refractivity contribution in [3.05, 3.63) is 59.2 Å². The first kappa shape index (κ1) is 17.9. The molecule has 2 aromatic rings. The van der Waals surface area contributed by atoms with Gasteiger partial charge in [-0.15, -0.1) is 0 Å². The summed E-state index contributed by atoms with van der Waals surface area (Å²) in [5.74, 6) is 2.52. The highest BCUT2D eigenvalue weighted by molar-refractivity contribution is 5.96. The van der Waals surface area contributed by atoms with Crippen molar-refractivity contribution < 1.29 is 14.3 Å². The lowest BCUT2D eigenvalue weighted by atomic mass is 9.87. The van der Waals surface area contributed by atoms with Gasteiger partial charge in [0.05, 0.1) is 13.7 Å². The molecule has 2 atom stereocenters. The molecule has 1 saturated heterocycles. The molecule has 4 rings (SSSR count). The number of fused-ring (bicyclic) bond motifs is 3. The summed E-state index contributed by atoms with van der Waals surface area (Å²) < 4.78 is 11.3. The summed E-state index contributed by atoms with van der Waals surface area (Å²) in [6.07, 6.45) is 0.753. The van der Waals surface area contributed by atoms with Crippen molar-refractivity contribution in [2.24, 2.45) is 5.92 Å². The number of nitrogens with zero attached hydrogens (tertiary/aromatic N) is 1. The highest BCUT2D eigenvalue weighted by Crippen LogP contribution is 2.36. The van der Waals surface area contributed by atoms with Crippen molar-refractivity contribution in [1.29, 1.82) is 0 Å². The predicted molar refractivity (Wildman–Crippen MR) is 105 cm³/mol. The second kappa shape index (κ2) is 7.61. The van der Waals surface area contributed by atoms with Crippen LogP contribution < -0.4 is 14.8 Å². The van der Waals surface area contributed by atoms with E-state index in [-0.39, 0.29) is 5.91 Å². The monoisotopic (exact) mass is 366 g/mol. The summed E-state index contributed by atoms with van der Waals surface area (Å²) in [4.78, 5) is 14.9. The lowest BCUT2D eigenvalue weighted by molar-refractivity contribution is 0.0951. The number of methoxy groups -OCH3 is 1. The van der Waals surface area contributed by atoms with Crippen LogP contribution in [0.25, 0.3) is 0 Å². The minimum absolute atomic E-state index is 0.0113. The van der Waals surface area contributed by atoms with Crippen molar-refractivity contribution >= 4 is 5.91 Å². The number of ether oxygens (including phenoxy) is 2. The Morgan fingerprint density at radius 2 is 2.04 bits per heavy atom. The molecule has 0 bridgehead atoms. The minimum Gasteiger partial charge on any atom is -0.496 e. The lowest BCUT2D eigenvalue weighted by Gasteiger charge is -2.17. The fraction of sp³-hybridized carbons (Fsp3) is 0.409. The number of hydrogen-bond donors (Lipinski definition) is 1. The Morgan fingerprint density at radius 3 is 2.89 bits per heavy atom. The fourth-order valence-electron chi connectivity index (χ4n) is 4.30. The summed E-state index contributed by atoms with van der Waals surface area (Å²) >= 11 is 0. The van der Waals surface area contributed by atoms with Crippen molar-refractivity contribution in [1.82, 2.24) is 10.2 Å². The number of hydrogen-bond acceptors (Lipinski definition) is 4. The second-order valence-electron chi connectivity index (χ2n) is 7.46. The Balaban J connectivity index is 1.48. The third-order valence-corrected chi connectivity index (χ3v) is 5.65. The first-order valence-corrected chi connectivity index (χ1v) is 9.51. The standard InChI is InChI=1S/C22H26N2O3/c1-24-13-16-12-23-22(25)19-11-17(7-8-18(19)20(16)14-24)27-10-9-15-5-3-4-6-21(15)26-2/h3-8,11,16,20H,9-10,12-14H2,1-2H3,(H,23,25)/t16-,20?/m0/s1. The maximum atomic E-state index is 12.6. The molecule has 2 aliphatic heterocycles. The van der Waals surface area contributed by atoms with Crippen LogP contribution in [0.5, 0.6) is 11.5 Å². The molecule has 5 heteroatoms.